The quantitative estimate of drug-likeness (QED) is 0.560. The van der Waals surface area contributed by atoms with Gasteiger partial charge in [0.05, 0.1) is 5.41 Å². The van der Waals surface area contributed by atoms with Crippen LogP contribution >= 0.6 is 11.3 Å². The second-order valence-corrected chi connectivity index (χ2v) is 9.80. The van der Waals surface area contributed by atoms with E-state index in [1.807, 2.05) is 26.2 Å². The maximum Gasteiger partial charge on any atom is 0.226 e. The summed E-state index contributed by atoms with van der Waals surface area (Å²) in [5, 5.41) is 5.35. The lowest BCUT2D eigenvalue weighted by molar-refractivity contribution is -0.134. The maximum absolute atomic E-state index is 13.5. The van der Waals surface area contributed by atoms with Crippen molar-refractivity contribution in [1.29, 1.82) is 0 Å². The molecule has 4 nitrogen and oxygen atoms in total. The molecule has 3 aromatic rings. The molecular formula is C26H31N3OS. The lowest BCUT2D eigenvalue weighted by Crippen LogP contribution is -2.51. The number of carbonyl (C=O) groups excluding carboxylic acids is 1. The summed E-state index contributed by atoms with van der Waals surface area (Å²) in [6, 6.07) is 17.1. The van der Waals surface area contributed by atoms with Crippen molar-refractivity contribution in [2.75, 3.05) is 13.1 Å². The van der Waals surface area contributed by atoms with E-state index in [0.29, 0.717) is 0 Å². The van der Waals surface area contributed by atoms with Crippen molar-refractivity contribution < 1.29 is 4.79 Å². The number of hydrogen-bond acceptors (Lipinski definition) is 4. The molecule has 0 saturated carbocycles. The van der Waals surface area contributed by atoms with Gasteiger partial charge in [-0.2, -0.15) is 0 Å². The van der Waals surface area contributed by atoms with Crippen molar-refractivity contribution >= 4 is 17.2 Å². The highest BCUT2D eigenvalue weighted by molar-refractivity contribution is 7.13. The fourth-order valence-corrected chi connectivity index (χ4v) is 5.28. The van der Waals surface area contributed by atoms with E-state index in [1.165, 1.54) is 21.6 Å². The molecule has 1 aliphatic rings. The van der Waals surface area contributed by atoms with E-state index in [9.17, 15) is 4.79 Å². The van der Waals surface area contributed by atoms with Crippen molar-refractivity contribution in [2.45, 2.75) is 45.7 Å². The third kappa shape index (κ3) is 5.23. The minimum Gasteiger partial charge on any atom is -0.353 e. The summed E-state index contributed by atoms with van der Waals surface area (Å²) >= 11 is 1.76. The van der Waals surface area contributed by atoms with Crippen LogP contribution < -0.4 is 5.32 Å². The molecule has 1 N–H and O–H groups in total. The topological polar surface area (TPSA) is 45.2 Å². The number of amides is 1. The van der Waals surface area contributed by atoms with Crippen LogP contribution in [0.5, 0.6) is 0 Å². The zero-order valence-electron chi connectivity index (χ0n) is 18.4. The second-order valence-electron chi connectivity index (χ2n) is 8.85. The van der Waals surface area contributed by atoms with Gasteiger partial charge in [0.15, 0.2) is 0 Å². The number of nitrogens with one attached hydrogen (secondary N) is 1. The molecule has 1 aromatic carbocycles. The SMILES string of the molecule is CC(C)NC(=O)C1(Cc2ccccc2-c2cccs2)CCN(Cc2ccncc2)CC1. The van der Waals surface area contributed by atoms with Gasteiger partial charge in [-0.25, -0.2) is 0 Å². The van der Waals surface area contributed by atoms with Crippen LogP contribution in [-0.4, -0.2) is 34.9 Å². The normalized spacial score (nSPS) is 16.4. The number of pyridine rings is 1. The molecule has 0 spiro atoms. The molecule has 0 aliphatic carbocycles. The summed E-state index contributed by atoms with van der Waals surface area (Å²) in [4.78, 5) is 21.3. The summed E-state index contributed by atoms with van der Waals surface area (Å²) in [5.41, 5.74) is 3.43. The molecule has 31 heavy (non-hydrogen) atoms. The number of benzene rings is 1. The van der Waals surface area contributed by atoms with Crippen LogP contribution in [0.3, 0.4) is 0 Å². The van der Waals surface area contributed by atoms with Gasteiger partial charge in [0.1, 0.15) is 0 Å². The monoisotopic (exact) mass is 433 g/mol. The first-order valence-electron chi connectivity index (χ1n) is 11.1. The zero-order valence-corrected chi connectivity index (χ0v) is 19.2. The second kappa shape index (κ2) is 9.75. The molecule has 1 saturated heterocycles. The van der Waals surface area contributed by atoms with E-state index in [0.717, 1.165) is 38.9 Å². The van der Waals surface area contributed by atoms with Crippen LogP contribution in [0.15, 0.2) is 66.3 Å². The Morgan fingerprint density at radius 2 is 1.84 bits per heavy atom. The Bertz CT molecular complexity index is 977. The van der Waals surface area contributed by atoms with Gasteiger partial charge in [-0.05, 0) is 86.5 Å². The Balaban J connectivity index is 1.56. The fourth-order valence-electron chi connectivity index (χ4n) is 4.50. The first-order chi connectivity index (χ1) is 15.1. The molecule has 0 bridgehead atoms. The molecule has 0 radical (unpaired) electrons. The lowest BCUT2D eigenvalue weighted by Gasteiger charge is -2.41. The number of hydrogen-bond donors (Lipinski definition) is 1. The Morgan fingerprint density at radius 3 is 2.52 bits per heavy atom. The predicted octanol–water partition coefficient (Wildman–Crippen LogP) is 5.16. The molecule has 4 rings (SSSR count). The van der Waals surface area contributed by atoms with E-state index in [4.69, 9.17) is 0 Å². The van der Waals surface area contributed by atoms with E-state index in [1.54, 1.807) is 11.3 Å². The van der Waals surface area contributed by atoms with Gasteiger partial charge < -0.3 is 5.32 Å². The molecule has 1 fully saturated rings. The molecule has 162 valence electrons. The van der Waals surface area contributed by atoms with E-state index < -0.39 is 0 Å². The predicted molar refractivity (Wildman–Crippen MR) is 128 cm³/mol. The Labute approximate surface area is 189 Å². The van der Waals surface area contributed by atoms with Crippen LogP contribution in [0.4, 0.5) is 0 Å². The average Bonchev–Trinajstić information content (AvgIpc) is 3.31. The summed E-state index contributed by atoms with van der Waals surface area (Å²) < 4.78 is 0. The number of aromatic nitrogens is 1. The molecule has 5 heteroatoms. The number of likely N-dealkylation sites (tertiary alicyclic amines) is 1. The number of rotatable bonds is 7. The Morgan fingerprint density at radius 1 is 1.10 bits per heavy atom. The molecule has 0 atom stereocenters. The lowest BCUT2D eigenvalue weighted by atomic mass is 9.72. The molecule has 3 heterocycles. The van der Waals surface area contributed by atoms with Gasteiger partial charge >= 0.3 is 0 Å². The maximum atomic E-state index is 13.5. The van der Waals surface area contributed by atoms with Gasteiger partial charge in [0.25, 0.3) is 0 Å². The summed E-state index contributed by atoms with van der Waals surface area (Å²) in [6.45, 7) is 6.85. The van der Waals surface area contributed by atoms with Crippen molar-refractivity contribution in [2.24, 2.45) is 5.41 Å². The highest BCUT2D eigenvalue weighted by atomic mass is 32.1. The number of thiophene rings is 1. The zero-order chi connectivity index (χ0) is 21.7. The first-order valence-corrected chi connectivity index (χ1v) is 12.0. The summed E-state index contributed by atoms with van der Waals surface area (Å²) in [7, 11) is 0. The van der Waals surface area contributed by atoms with Gasteiger partial charge in [-0.1, -0.05) is 30.3 Å². The van der Waals surface area contributed by atoms with Crippen molar-refractivity contribution in [3.63, 3.8) is 0 Å². The van der Waals surface area contributed by atoms with E-state index in [-0.39, 0.29) is 17.4 Å². The highest BCUT2D eigenvalue weighted by Crippen LogP contribution is 2.39. The van der Waals surface area contributed by atoms with Gasteiger partial charge in [0, 0.05) is 29.9 Å². The van der Waals surface area contributed by atoms with Crippen molar-refractivity contribution in [3.8, 4) is 10.4 Å². The van der Waals surface area contributed by atoms with Crippen molar-refractivity contribution in [3.05, 3.63) is 77.4 Å². The smallest absolute Gasteiger partial charge is 0.226 e. The van der Waals surface area contributed by atoms with Crippen LogP contribution in [0.25, 0.3) is 10.4 Å². The Kier molecular flexibility index (Phi) is 6.83. The Hall–Kier alpha value is -2.50. The molecular weight excluding hydrogens is 402 g/mol. The van der Waals surface area contributed by atoms with Crippen molar-refractivity contribution in [1.82, 2.24) is 15.2 Å². The minimum absolute atomic E-state index is 0.145. The summed E-state index contributed by atoms with van der Waals surface area (Å²) in [6.07, 6.45) is 6.22. The largest absolute Gasteiger partial charge is 0.353 e. The van der Waals surface area contributed by atoms with E-state index >= 15 is 0 Å². The first kappa shape index (κ1) is 21.7. The van der Waals surface area contributed by atoms with Crippen LogP contribution in [0, 0.1) is 5.41 Å². The number of nitrogens with zero attached hydrogens (tertiary/aromatic N) is 2. The standard InChI is InChI=1S/C26H31N3OS/c1-20(2)28-25(30)26(11-15-29(16-12-26)19-21-9-13-27-14-10-21)18-22-6-3-4-7-23(22)24-8-5-17-31-24/h3-10,13-14,17,20H,11-12,15-16,18-19H2,1-2H3,(H,28,30). The molecule has 2 aromatic heterocycles. The van der Waals surface area contributed by atoms with Gasteiger partial charge in [0.2, 0.25) is 5.91 Å². The van der Waals surface area contributed by atoms with Crippen LogP contribution in [0.1, 0.15) is 37.8 Å². The van der Waals surface area contributed by atoms with E-state index in [2.05, 4.69) is 69.1 Å². The molecule has 0 unspecified atom stereocenters. The van der Waals surface area contributed by atoms with Crippen LogP contribution in [-0.2, 0) is 17.8 Å². The fraction of sp³-hybridized carbons (Fsp3) is 0.385. The molecule has 1 aliphatic heterocycles. The van der Waals surface area contributed by atoms with Crippen LogP contribution in [0.2, 0.25) is 0 Å². The number of carbonyl (C=O) groups is 1. The third-order valence-electron chi connectivity index (χ3n) is 6.20. The van der Waals surface area contributed by atoms with Gasteiger partial charge in [-0.15, -0.1) is 11.3 Å². The number of piperidine rings is 1. The average molecular weight is 434 g/mol. The third-order valence-corrected chi connectivity index (χ3v) is 7.11. The summed E-state index contributed by atoms with van der Waals surface area (Å²) in [5.74, 6) is 0.201. The minimum atomic E-state index is -0.369. The van der Waals surface area contributed by atoms with Gasteiger partial charge in [-0.3, -0.25) is 14.7 Å². The molecule has 1 amide bonds. The highest BCUT2D eigenvalue weighted by Gasteiger charge is 2.42.